The highest BCUT2D eigenvalue weighted by molar-refractivity contribution is 5.95. The van der Waals surface area contributed by atoms with E-state index in [1.54, 1.807) is 6.92 Å². The Morgan fingerprint density at radius 1 is 0.974 bits per heavy atom. The number of halogens is 3. The Morgan fingerprint density at radius 3 is 2.29 bits per heavy atom. The third-order valence-corrected chi connectivity index (χ3v) is 5.51. The topological polar surface area (TPSA) is 118 Å². The second kappa shape index (κ2) is 12.1. The minimum absolute atomic E-state index is 0.0290. The number of aromatic nitrogens is 1. The van der Waals surface area contributed by atoms with Crippen molar-refractivity contribution in [3.8, 4) is 0 Å². The van der Waals surface area contributed by atoms with Gasteiger partial charge in [0.2, 0.25) is 0 Å². The predicted octanol–water partition coefficient (Wildman–Crippen LogP) is 5.37. The summed E-state index contributed by atoms with van der Waals surface area (Å²) in [5, 5.41) is 17.2. The summed E-state index contributed by atoms with van der Waals surface area (Å²) < 4.78 is 39.0. The number of rotatable bonds is 7. The van der Waals surface area contributed by atoms with Gasteiger partial charge in [0.1, 0.15) is 5.84 Å². The van der Waals surface area contributed by atoms with E-state index >= 15 is 0 Å². The molecule has 0 amide bonds. The summed E-state index contributed by atoms with van der Waals surface area (Å²) in [6, 6.07) is 22.2. The van der Waals surface area contributed by atoms with Crippen LogP contribution in [0.1, 0.15) is 39.5 Å². The van der Waals surface area contributed by atoms with Crippen molar-refractivity contribution >= 4 is 28.5 Å². The third kappa shape index (κ3) is 7.45. The number of benzene rings is 3. The maximum atomic E-state index is 12.6. The zero-order valence-electron chi connectivity index (χ0n) is 20.5. The quantitative estimate of drug-likeness (QED) is 0.170. The summed E-state index contributed by atoms with van der Waals surface area (Å²) in [7, 11) is 0. The van der Waals surface area contributed by atoms with Gasteiger partial charge in [-0.3, -0.25) is 5.41 Å². The molecule has 4 rings (SSSR count). The number of nitrogens with zero attached hydrogens (tertiary/aromatic N) is 1. The molecule has 0 radical (unpaired) electrons. The Balaban J connectivity index is 0.000000505. The van der Waals surface area contributed by atoms with Gasteiger partial charge >= 0.3 is 18.1 Å². The molecule has 10 heteroatoms. The fourth-order valence-electron chi connectivity index (χ4n) is 3.80. The van der Waals surface area contributed by atoms with Crippen molar-refractivity contribution in [1.29, 1.82) is 5.41 Å². The number of esters is 1. The van der Waals surface area contributed by atoms with Crippen molar-refractivity contribution in [2.45, 2.75) is 26.1 Å². The van der Waals surface area contributed by atoms with E-state index in [1.807, 2.05) is 53.4 Å². The number of amidine groups is 1. The minimum Gasteiger partial charge on any atom is -0.475 e. The first-order chi connectivity index (χ1) is 18.0. The highest BCUT2D eigenvalue weighted by atomic mass is 19.4. The molecular weight excluding hydrogens is 499 g/mol. The Bertz CT molecular complexity index is 1460. The van der Waals surface area contributed by atoms with Gasteiger partial charge in [-0.05, 0) is 52.9 Å². The van der Waals surface area contributed by atoms with Crippen LogP contribution in [0.15, 0.2) is 79.1 Å². The van der Waals surface area contributed by atoms with Crippen LogP contribution >= 0.6 is 0 Å². The molecule has 0 atom stereocenters. The van der Waals surface area contributed by atoms with Gasteiger partial charge < -0.3 is 20.1 Å². The molecule has 0 spiro atoms. The number of nitrogens with two attached hydrogens (primary N) is 1. The number of aliphatic carboxylic acids is 1. The van der Waals surface area contributed by atoms with Gasteiger partial charge in [0.25, 0.3) is 0 Å². The lowest BCUT2D eigenvalue weighted by Gasteiger charge is -2.06. The van der Waals surface area contributed by atoms with Crippen LogP contribution in [-0.2, 0) is 22.5 Å². The van der Waals surface area contributed by atoms with E-state index in [0.29, 0.717) is 30.7 Å². The molecule has 7 nitrogen and oxygen atoms in total. The van der Waals surface area contributed by atoms with Crippen molar-refractivity contribution in [3.63, 3.8) is 0 Å². The average Bonchev–Trinajstić information content (AvgIpc) is 3.26. The van der Waals surface area contributed by atoms with Gasteiger partial charge in [-0.2, -0.15) is 13.2 Å². The van der Waals surface area contributed by atoms with Crippen molar-refractivity contribution in [2.75, 3.05) is 6.61 Å². The lowest BCUT2D eigenvalue weighted by molar-refractivity contribution is -0.192. The first-order valence-electron chi connectivity index (χ1n) is 11.5. The summed E-state index contributed by atoms with van der Waals surface area (Å²) in [6.45, 7) is 2.79. The molecule has 1 heterocycles. The van der Waals surface area contributed by atoms with E-state index in [4.69, 9.17) is 25.8 Å². The molecule has 0 bridgehead atoms. The smallest absolute Gasteiger partial charge is 0.475 e. The first-order valence-corrected chi connectivity index (χ1v) is 11.5. The second-order valence-corrected chi connectivity index (χ2v) is 8.37. The summed E-state index contributed by atoms with van der Waals surface area (Å²) in [5.74, 6) is -3.05. The standard InChI is InChI=1S/C26H25N3O2.C2HF3O2/c1-2-31-26(30)24-17-29(15-19-10-11-20-7-3-4-8-21(20)14-19)16-23(24)13-18-6-5-9-22(12-18)25(27)28;3-2(4,5)1(6)7/h3-12,14,16-17H,2,13,15H2,1H3,(H3,27,28);(H,6,7). The van der Waals surface area contributed by atoms with Crippen LogP contribution in [0.5, 0.6) is 0 Å². The number of carbonyl (C=O) groups is 2. The highest BCUT2D eigenvalue weighted by Crippen LogP contribution is 2.21. The Labute approximate surface area is 216 Å². The predicted molar refractivity (Wildman–Crippen MR) is 137 cm³/mol. The number of carboxylic acid groups (broad SMARTS) is 1. The van der Waals surface area contributed by atoms with Gasteiger partial charge in [0.05, 0.1) is 12.2 Å². The SMILES string of the molecule is CCOC(=O)c1cn(Cc2ccc3ccccc3c2)cc1Cc1cccc(C(=N)N)c1.O=C(O)C(F)(F)F. The van der Waals surface area contributed by atoms with E-state index < -0.39 is 12.1 Å². The number of carbonyl (C=O) groups excluding carboxylic acids is 1. The van der Waals surface area contributed by atoms with Crippen LogP contribution in [0.3, 0.4) is 0 Å². The molecule has 0 unspecified atom stereocenters. The molecule has 1 aromatic heterocycles. The number of ether oxygens (including phenoxy) is 1. The molecule has 4 aromatic rings. The zero-order chi connectivity index (χ0) is 27.9. The van der Waals surface area contributed by atoms with Gasteiger partial charge in [-0.1, -0.05) is 54.6 Å². The minimum atomic E-state index is -5.08. The van der Waals surface area contributed by atoms with E-state index in [2.05, 4.69) is 30.3 Å². The van der Waals surface area contributed by atoms with Crippen LogP contribution in [0.2, 0.25) is 0 Å². The first kappa shape index (κ1) is 28.0. The van der Waals surface area contributed by atoms with Crippen LogP contribution in [0, 0.1) is 5.41 Å². The van der Waals surface area contributed by atoms with Crippen LogP contribution in [-0.4, -0.2) is 40.2 Å². The zero-order valence-corrected chi connectivity index (χ0v) is 20.5. The summed E-state index contributed by atoms with van der Waals surface area (Å²) in [4.78, 5) is 21.5. The number of alkyl halides is 3. The van der Waals surface area contributed by atoms with Crippen LogP contribution < -0.4 is 5.73 Å². The van der Waals surface area contributed by atoms with Crippen molar-refractivity contribution in [2.24, 2.45) is 5.73 Å². The Morgan fingerprint density at radius 2 is 1.66 bits per heavy atom. The molecule has 38 heavy (non-hydrogen) atoms. The summed E-state index contributed by atoms with van der Waals surface area (Å²) in [6.07, 6.45) is -0.667. The molecule has 3 aromatic carbocycles. The van der Waals surface area contributed by atoms with Gasteiger partial charge in [0, 0.05) is 24.5 Å². The van der Waals surface area contributed by atoms with Gasteiger partial charge in [-0.15, -0.1) is 0 Å². The molecule has 4 N–H and O–H groups in total. The van der Waals surface area contributed by atoms with E-state index in [0.717, 1.165) is 16.7 Å². The summed E-state index contributed by atoms with van der Waals surface area (Å²) in [5.41, 5.74) is 9.90. The van der Waals surface area contributed by atoms with E-state index in [-0.39, 0.29) is 11.8 Å². The number of carboxylic acids is 1. The molecule has 0 fully saturated rings. The third-order valence-electron chi connectivity index (χ3n) is 5.51. The maximum absolute atomic E-state index is 12.6. The Hall–Kier alpha value is -4.60. The number of nitrogens with one attached hydrogen (secondary N) is 1. The van der Waals surface area contributed by atoms with Crippen LogP contribution in [0.25, 0.3) is 10.8 Å². The van der Waals surface area contributed by atoms with Crippen molar-refractivity contribution < 1.29 is 32.6 Å². The van der Waals surface area contributed by atoms with Crippen molar-refractivity contribution in [1.82, 2.24) is 4.57 Å². The lowest BCUT2D eigenvalue weighted by atomic mass is 10.0. The summed E-state index contributed by atoms with van der Waals surface area (Å²) >= 11 is 0. The molecule has 0 saturated heterocycles. The average molecular weight is 526 g/mol. The van der Waals surface area contributed by atoms with Gasteiger partial charge in [0.15, 0.2) is 0 Å². The van der Waals surface area contributed by atoms with E-state index in [9.17, 15) is 18.0 Å². The number of fused-ring (bicyclic) bond motifs is 1. The lowest BCUT2D eigenvalue weighted by Crippen LogP contribution is -2.21. The number of hydrogen-bond acceptors (Lipinski definition) is 4. The molecule has 198 valence electrons. The van der Waals surface area contributed by atoms with Gasteiger partial charge in [-0.25, -0.2) is 9.59 Å². The molecule has 0 aliphatic carbocycles. The fourth-order valence-corrected chi connectivity index (χ4v) is 3.80. The maximum Gasteiger partial charge on any atom is 0.490 e. The number of nitrogen functional groups attached to an aromatic ring is 1. The highest BCUT2D eigenvalue weighted by Gasteiger charge is 2.38. The largest absolute Gasteiger partial charge is 0.490 e. The molecular formula is C28H26F3N3O4. The Kier molecular flexibility index (Phi) is 8.90. The fraction of sp³-hybridized carbons (Fsp3) is 0.179. The normalized spacial score (nSPS) is 10.9. The molecule has 0 aliphatic heterocycles. The van der Waals surface area contributed by atoms with Crippen LogP contribution in [0.4, 0.5) is 13.2 Å². The number of hydrogen-bond donors (Lipinski definition) is 3. The molecule has 0 saturated carbocycles. The van der Waals surface area contributed by atoms with E-state index in [1.165, 1.54) is 10.8 Å². The monoisotopic (exact) mass is 525 g/mol. The second-order valence-electron chi connectivity index (χ2n) is 8.37. The van der Waals surface area contributed by atoms with Crippen molar-refractivity contribution in [3.05, 3.63) is 107 Å². The molecule has 0 aliphatic rings.